The van der Waals surface area contributed by atoms with Gasteiger partial charge in [0.05, 0.1) is 0 Å². The number of rotatable bonds is 2. The molecule has 0 saturated carbocycles. The van der Waals surface area contributed by atoms with Gasteiger partial charge in [0.15, 0.2) is 0 Å². The Morgan fingerprint density at radius 2 is 2.00 bits per heavy atom. The molecule has 0 aromatic heterocycles. The van der Waals surface area contributed by atoms with Crippen molar-refractivity contribution in [2.75, 3.05) is 5.32 Å². The van der Waals surface area contributed by atoms with Crippen LogP contribution in [0.25, 0.3) is 0 Å². The zero-order valence-corrected chi connectivity index (χ0v) is 8.46. The summed E-state index contributed by atoms with van der Waals surface area (Å²) in [5, 5.41) is 3.42. The first-order valence-corrected chi connectivity index (χ1v) is 5.04. The predicted molar refractivity (Wildman–Crippen MR) is 63.4 cm³/mol. The molecular formula is C13H17N. The van der Waals surface area contributed by atoms with Crippen LogP contribution in [0.4, 0.5) is 5.69 Å². The first kappa shape index (κ1) is 9.07. The fourth-order valence-electron chi connectivity index (χ4n) is 1.53. The number of nitrogens with one attached hydrogen (secondary N) is 1. The molecule has 1 N–H and O–H groups in total. The van der Waals surface area contributed by atoms with Crippen molar-refractivity contribution in [3.8, 4) is 0 Å². The Morgan fingerprint density at radius 3 is 2.64 bits per heavy atom. The van der Waals surface area contributed by atoms with Gasteiger partial charge in [-0.05, 0) is 38.0 Å². The highest BCUT2D eigenvalue weighted by Crippen LogP contribution is 2.16. The van der Waals surface area contributed by atoms with Crippen LogP contribution >= 0.6 is 0 Å². The number of hydrogen-bond donors (Lipinski definition) is 1. The molecule has 0 atom stereocenters. The van der Waals surface area contributed by atoms with Gasteiger partial charge in [-0.3, -0.25) is 0 Å². The van der Waals surface area contributed by atoms with Crippen molar-refractivity contribution in [1.82, 2.24) is 0 Å². The molecule has 0 radical (unpaired) electrons. The van der Waals surface area contributed by atoms with E-state index in [0.717, 1.165) is 12.8 Å². The van der Waals surface area contributed by atoms with Crippen molar-refractivity contribution < 1.29 is 1.43 Å². The summed E-state index contributed by atoms with van der Waals surface area (Å²) in [6, 6.07) is 8.49. The van der Waals surface area contributed by atoms with E-state index in [-0.39, 0.29) is 1.43 Å². The summed E-state index contributed by atoms with van der Waals surface area (Å²) in [6.45, 7) is 2.10. The van der Waals surface area contributed by atoms with E-state index in [9.17, 15) is 0 Å². The van der Waals surface area contributed by atoms with Gasteiger partial charge in [-0.25, -0.2) is 0 Å². The average Bonchev–Trinajstić information content (AvgIpc) is 2.23. The summed E-state index contributed by atoms with van der Waals surface area (Å²) >= 11 is 0. The molecule has 1 aliphatic carbocycles. The fraction of sp³-hybridized carbons (Fsp3) is 0.231. The van der Waals surface area contributed by atoms with Gasteiger partial charge in [-0.1, -0.05) is 29.8 Å². The van der Waals surface area contributed by atoms with Crippen LogP contribution in [0.2, 0.25) is 0 Å². The summed E-state index contributed by atoms with van der Waals surface area (Å²) in [7, 11) is 0. The molecule has 0 fully saturated rings. The molecular weight excluding hydrogens is 170 g/mol. The maximum atomic E-state index is 3.42. The lowest BCUT2D eigenvalue weighted by atomic mass is 10.1. The smallest absolute Gasteiger partial charge is 0.0381 e. The van der Waals surface area contributed by atoms with E-state index in [4.69, 9.17) is 0 Å². The first-order chi connectivity index (χ1) is 6.84. The zero-order valence-electron chi connectivity index (χ0n) is 8.46. The van der Waals surface area contributed by atoms with E-state index in [2.05, 4.69) is 54.7 Å². The van der Waals surface area contributed by atoms with Gasteiger partial charge >= 0.3 is 0 Å². The molecule has 0 saturated heterocycles. The van der Waals surface area contributed by atoms with Crippen LogP contribution in [0, 0.1) is 6.92 Å². The highest BCUT2D eigenvalue weighted by molar-refractivity contribution is 5.50. The van der Waals surface area contributed by atoms with E-state index in [1.807, 2.05) is 0 Å². The highest BCUT2D eigenvalue weighted by Gasteiger charge is 1.99. The van der Waals surface area contributed by atoms with Crippen LogP contribution < -0.4 is 5.32 Å². The van der Waals surface area contributed by atoms with E-state index in [0.29, 0.717) is 0 Å². The standard InChI is InChI=1S/C13H15N.H2/c1-11-7-9-13(10-8-11)14-12-5-3-2-4-6-12;/h2-3,5,7-10,14H,4,6H2,1H3;1H. The maximum absolute atomic E-state index is 3.42. The molecule has 1 aromatic carbocycles. The summed E-state index contributed by atoms with van der Waals surface area (Å²) in [6.07, 6.45) is 8.71. The lowest BCUT2D eigenvalue weighted by molar-refractivity contribution is 0.966. The minimum atomic E-state index is 0. The van der Waals surface area contributed by atoms with Crippen LogP contribution in [0.15, 0.2) is 48.2 Å². The Balaban J connectivity index is 0.00000112. The van der Waals surface area contributed by atoms with Crippen molar-refractivity contribution in [3.63, 3.8) is 0 Å². The molecule has 1 nitrogen and oxygen atoms in total. The molecule has 1 heteroatoms. The van der Waals surface area contributed by atoms with Gasteiger partial charge in [-0.15, -0.1) is 0 Å². The quantitative estimate of drug-likeness (QED) is 0.740. The minimum Gasteiger partial charge on any atom is -0.359 e. The lowest BCUT2D eigenvalue weighted by Gasteiger charge is -2.12. The lowest BCUT2D eigenvalue weighted by Crippen LogP contribution is -2.00. The summed E-state index contributed by atoms with van der Waals surface area (Å²) in [5.74, 6) is 0. The summed E-state index contributed by atoms with van der Waals surface area (Å²) < 4.78 is 0. The number of allylic oxidation sites excluding steroid dienone is 4. The van der Waals surface area contributed by atoms with Gasteiger partial charge in [-0.2, -0.15) is 0 Å². The Labute approximate surface area is 86.6 Å². The van der Waals surface area contributed by atoms with E-state index in [1.165, 1.54) is 16.9 Å². The second-order valence-corrected chi connectivity index (χ2v) is 3.65. The van der Waals surface area contributed by atoms with Crippen LogP contribution in [0.5, 0.6) is 0 Å². The van der Waals surface area contributed by atoms with Crippen molar-refractivity contribution >= 4 is 5.69 Å². The Bertz CT molecular complexity index is 363. The van der Waals surface area contributed by atoms with Gasteiger partial charge in [0, 0.05) is 12.8 Å². The first-order valence-electron chi connectivity index (χ1n) is 5.04. The fourth-order valence-corrected chi connectivity index (χ4v) is 1.53. The SMILES string of the molecule is Cc1ccc(NC2=CC=CCC2)cc1.[HH]. The number of hydrogen-bond acceptors (Lipinski definition) is 1. The van der Waals surface area contributed by atoms with E-state index >= 15 is 0 Å². The van der Waals surface area contributed by atoms with Gasteiger partial charge < -0.3 is 5.32 Å². The second kappa shape index (κ2) is 4.14. The molecule has 74 valence electrons. The summed E-state index contributed by atoms with van der Waals surface area (Å²) in [4.78, 5) is 0. The molecule has 0 spiro atoms. The van der Waals surface area contributed by atoms with Gasteiger partial charge in [0.1, 0.15) is 0 Å². The van der Waals surface area contributed by atoms with Crippen molar-refractivity contribution in [1.29, 1.82) is 0 Å². The van der Waals surface area contributed by atoms with Crippen molar-refractivity contribution in [2.24, 2.45) is 0 Å². The Hall–Kier alpha value is -1.50. The molecule has 0 amide bonds. The van der Waals surface area contributed by atoms with E-state index in [1.54, 1.807) is 0 Å². The van der Waals surface area contributed by atoms with Crippen LogP contribution in [0.1, 0.15) is 19.8 Å². The van der Waals surface area contributed by atoms with Crippen molar-refractivity contribution in [3.05, 3.63) is 53.8 Å². The van der Waals surface area contributed by atoms with Crippen LogP contribution in [-0.4, -0.2) is 0 Å². The zero-order chi connectivity index (χ0) is 9.80. The van der Waals surface area contributed by atoms with Crippen LogP contribution in [0.3, 0.4) is 0 Å². The van der Waals surface area contributed by atoms with Crippen LogP contribution in [-0.2, 0) is 0 Å². The largest absolute Gasteiger partial charge is 0.359 e. The monoisotopic (exact) mass is 187 g/mol. The minimum absolute atomic E-state index is 0. The Kier molecular flexibility index (Phi) is 2.68. The molecule has 0 aliphatic heterocycles. The maximum Gasteiger partial charge on any atom is 0.0381 e. The third-order valence-corrected chi connectivity index (χ3v) is 2.37. The van der Waals surface area contributed by atoms with Gasteiger partial charge in [0.25, 0.3) is 0 Å². The van der Waals surface area contributed by atoms with Gasteiger partial charge in [0.2, 0.25) is 0 Å². The second-order valence-electron chi connectivity index (χ2n) is 3.65. The molecule has 1 aliphatic rings. The molecule has 1 aromatic rings. The summed E-state index contributed by atoms with van der Waals surface area (Å²) in [5.41, 5.74) is 3.78. The normalized spacial score (nSPS) is 15.1. The number of benzene rings is 1. The number of anilines is 1. The predicted octanol–water partition coefficient (Wildman–Crippen LogP) is 3.89. The highest BCUT2D eigenvalue weighted by atomic mass is 14.9. The Morgan fingerprint density at radius 1 is 1.21 bits per heavy atom. The number of aryl methyl sites for hydroxylation is 1. The molecule has 0 unspecified atom stereocenters. The van der Waals surface area contributed by atoms with Crippen molar-refractivity contribution in [2.45, 2.75) is 19.8 Å². The topological polar surface area (TPSA) is 12.0 Å². The molecule has 0 heterocycles. The molecule has 0 bridgehead atoms. The third kappa shape index (κ3) is 2.25. The van der Waals surface area contributed by atoms with E-state index < -0.39 is 0 Å². The third-order valence-electron chi connectivity index (χ3n) is 2.37. The molecule has 14 heavy (non-hydrogen) atoms. The molecule has 2 rings (SSSR count). The average molecular weight is 187 g/mol.